The molecule has 30 heavy (non-hydrogen) atoms. The van der Waals surface area contributed by atoms with Crippen LogP contribution in [0.2, 0.25) is 0 Å². The topological polar surface area (TPSA) is 109 Å². The van der Waals surface area contributed by atoms with Crippen LogP contribution in [0.25, 0.3) is 16.9 Å². The summed E-state index contributed by atoms with van der Waals surface area (Å²) in [6.45, 7) is 0. The largest absolute Gasteiger partial charge is 0.328 e. The number of aromatic amines is 1. The summed E-state index contributed by atoms with van der Waals surface area (Å²) in [6.07, 6.45) is 1.42. The van der Waals surface area contributed by atoms with Crippen molar-refractivity contribution < 1.29 is 9.59 Å². The zero-order valence-electron chi connectivity index (χ0n) is 15.7. The van der Waals surface area contributed by atoms with Crippen LogP contribution in [0, 0.1) is 0 Å². The van der Waals surface area contributed by atoms with Crippen molar-refractivity contribution in [2.45, 2.75) is 0 Å². The van der Waals surface area contributed by atoms with Gasteiger partial charge in [0, 0.05) is 11.8 Å². The number of hydrogen-bond acceptors (Lipinski definition) is 4. The van der Waals surface area contributed by atoms with Gasteiger partial charge in [-0.2, -0.15) is 5.10 Å². The Kier molecular flexibility index (Phi) is 5.21. The first-order chi connectivity index (χ1) is 14.6. The molecule has 0 saturated carbocycles. The van der Waals surface area contributed by atoms with Crippen LogP contribution in [0.3, 0.4) is 0 Å². The van der Waals surface area contributed by atoms with E-state index >= 15 is 0 Å². The van der Waals surface area contributed by atoms with Crippen LogP contribution >= 0.6 is 0 Å². The van der Waals surface area contributed by atoms with E-state index in [1.54, 1.807) is 6.07 Å². The summed E-state index contributed by atoms with van der Waals surface area (Å²) in [5.74, 6) is -1.30. The van der Waals surface area contributed by atoms with Crippen molar-refractivity contribution in [1.29, 1.82) is 0 Å². The zero-order valence-corrected chi connectivity index (χ0v) is 15.7. The van der Waals surface area contributed by atoms with Crippen LogP contribution < -0.4 is 16.4 Å². The maximum Gasteiger partial charge on any atom is 0.288 e. The van der Waals surface area contributed by atoms with Gasteiger partial charge in [-0.25, -0.2) is 4.68 Å². The van der Waals surface area contributed by atoms with Crippen molar-refractivity contribution in [3.8, 4) is 16.9 Å². The van der Waals surface area contributed by atoms with Crippen LogP contribution in [-0.2, 0) is 0 Å². The first kappa shape index (κ1) is 18.9. The molecule has 2 aromatic heterocycles. The fraction of sp³-hybridized carbons (Fsp3) is 0. The fourth-order valence-electron chi connectivity index (χ4n) is 2.90. The molecule has 0 atom stereocenters. The lowest BCUT2D eigenvalue weighted by atomic mass is 10.1. The Morgan fingerprint density at radius 3 is 2.20 bits per heavy atom. The third-order valence-electron chi connectivity index (χ3n) is 4.36. The minimum atomic E-state index is -0.723. The van der Waals surface area contributed by atoms with Crippen LogP contribution in [0.4, 0.5) is 0 Å². The molecular weight excluding hydrogens is 382 g/mol. The number of carbonyl (C=O) groups excluding carboxylic acids is 2. The first-order valence-corrected chi connectivity index (χ1v) is 9.13. The Labute approximate surface area is 171 Å². The Bertz CT molecular complexity index is 1250. The average molecular weight is 399 g/mol. The predicted molar refractivity (Wildman–Crippen MR) is 111 cm³/mol. The number of hydrogen-bond donors (Lipinski definition) is 3. The molecule has 0 saturated heterocycles. The highest BCUT2D eigenvalue weighted by Crippen LogP contribution is 2.21. The monoisotopic (exact) mass is 399 g/mol. The molecule has 4 rings (SSSR count). The van der Waals surface area contributed by atoms with Gasteiger partial charge in [0.1, 0.15) is 11.3 Å². The third kappa shape index (κ3) is 3.88. The van der Waals surface area contributed by atoms with Gasteiger partial charge in [0.25, 0.3) is 17.4 Å². The molecular formula is C22H17N5O3. The Morgan fingerprint density at radius 2 is 1.50 bits per heavy atom. The molecule has 4 aromatic rings. The lowest BCUT2D eigenvalue weighted by Crippen LogP contribution is -2.43. The normalized spacial score (nSPS) is 10.4. The number of nitrogens with zero attached hydrogens (tertiary/aromatic N) is 2. The van der Waals surface area contributed by atoms with E-state index < -0.39 is 17.4 Å². The van der Waals surface area contributed by atoms with Crippen LogP contribution in [0.15, 0.2) is 89.9 Å². The van der Waals surface area contributed by atoms with E-state index in [1.165, 1.54) is 23.0 Å². The highest BCUT2D eigenvalue weighted by Gasteiger charge is 2.19. The summed E-state index contributed by atoms with van der Waals surface area (Å²) in [5, 5.41) is 4.56. The van der Waals surface area contributed by atoms with Crippen LogP contribution in [0.5, 0.6) is 0 Å². The van der Waals surface area contributed by atoms with Gasteiger partial charge in [-0.3, -0.25) is 25.2 Å². The molecule has 0 spiro atoms. The molecule has 8 heteroatoms. The molecule has 0 aliphatic carbocycles. The molecule has 0 bridgehead atoms. The maximum atomic E-state index is 12.8. The van der Waals surface area contributed by atoms with E-state index in [0.717, 1.165) is 5.56 Å². The fourth-order valence-corrected chi connectivity index (χ4v) is 2.90. The Morgan fingerprint density at radius 1 is 0.833 bits per heavy atom. The van der Waals surface area contributed by atoms with Crippen molar-refractivity contribution >= 4 is 11.8 Å². The van der Waals surface area contributed by atoms with Gasteiger partial charge in [-0.15, -0.1) is 0 Å². The molecule has 3 N–H and O–H groups in total. The number of amides is 2. The smallest absolute Gasteiger partial charge is 0.288 e. The van der Waals surface area contributed by atoms with E-state index in [2.05, 4.69) is 20.9 Å². The summed E-state index contributed by atoms with van der Waals surface area (Å²) in [4.78, 5) is 39.2. The summed E-state index contributed by atoms with van der Waals surface area (Å²) >= 11 is 0. The van der Waals surface area contributed by atoms with Crippen molar-refractivity contribution in [2.75, 3.05) is 0 Å². The van der Waals surface area contributed by atoms with E-state index in [9.17, 15) is 14.4 Å². The number of benzene rings is 2. The van der Waals surface area contributed by atoms with E-state index in [0.29, 0.717) is 11.4 Å². The first-order valence-electron chi connectivity index (χ1n) is 9.13. The second-order valence-electron chi connectivity index (χ2n) is 6.35. The van der Waals surface area contributed by atoms with E-state index in [1.807, 2.05) is 60.7 Å². The van der Waals surface area contributed by atoms with E-state index in [-0.39, 0.29) is 11.3 Å². The maximum absolute atomic E-state index is 12.8. The highest BCUT2D eigenvalue weighted by atomic mass is 16.2. The number of nitrogens with one attached hydrogen (secondary N) is 3. The van der Waals surface area contributed by atoms with Gasteiger partial charge < -0.3 is 4.98 Å². The average Bonchev–Trinajstić information content (AvgIpc) is 3.24. The molecule has 0 radical (unpaired) electrons. The Balaban J connectivity index is 1.63. The van der Waals surface area contributed by atoms with Crippen LogP contribution in [-0.4, -0.2) is 26.6 Å². The number of carbonyl (C=O) groups is 2. The second kappa shape index (κ2) is 8.27. The molecule has 0 unspecified atom stereocenters. The van der Waals surface area contributed by atoms with Gasteiger partial charge in [0.05, 0.1) is 11.4 Å². The third-order valence-corrected chi connectivity index (χ3v) is 4.36. The van der Waals surface area contributed by atoms with Crippen molar-refractivity contribution in [1.82, 2.24) is 25.6 Å². The van der Waals surface area contributed by atoms with Crippen molar-refractivity contribution in [3.63, 3.8) is 0 Å². The summed E-state index contributed by atoms with van der Waals surface area (Å²) < 4.78 is 1.50. The summed E-state index contributed by atoms with van der Waals surface area (Å²) in [7, 11) is 0. The molecule has 0 aliphatic heterocycles. The molecule has 0 aliphatic rings. The van der Waals surface area contributed by atoms with Gasteiger partial charge in [-0.05, 0) is 30.3 Å². The van der Waals surface area contributed by atoms with Crippen LogP contribution in [0.1, 0.15) is 20.8 Å². The SMILES string of the molecule is O=C(NNC(=O)c1cc(-c2ccccc2)nn1-c1ccccc1)c1ccc[nH]c1=O. The molecule has 2 aromatic carbocycles. The number of para-hydroxylation sites is 1. The van der Waals surface area contributed by atoms with Crippen molar-refractivity contribution in [3.05, 3.63) is 107 Å². The number of aromatic nitrogens is 3. The predicted octanol–water partition coefficient (Wildman–Crippen LogP) is 2.30. The molecule has 2 heterocycles. The number of pyridine rings is 1. The summed E-state index contributed by atoms with van der Waals surface area (Å²) in [6, 6.07) is 23.1. The van der Waals surface area contributed by atoms with Gasteiger partial charge >= 0.3 is 0 Å². The molecule has 2 amide bonds. The quantitative estimate of drug-likeness (QED) is 0.458. The molecule has 0 fully saturated rings. The second-order valence-corrected chi connectivity index (χ2v) is 6.35. The minimum absolute atomic E-state index is 0.112. The Hall–Kier alpha value is -4.46. The molecule has 8 nitrogen and oxygen atoms in total. The van der Waals surface area contributed by atoms with Gasteiger partial charge in [0.15, 0.2) is 0 Å². The zero-order chi connectivity index (χ0) is 20.9. The minimum Gasteiger partial charge on any atom is -0.328 e. The van der Waals surface area contributed by atoms with E-state index in [4.69, 9.17) is 0 Å². The number of rotatable bonds is 4. The lowest BCUT2D eigenvalue weighted by molar-refractivity contribution is 0.0841. The standard InChI is InChI=1S/C22H17N5O3/c28-20-17(12-7-13-23-20)21(29)24-25-22(30)19-14-18(15-8-3-1-4-9-15)26-27(19)16-10-5-2-6-11-16/h1-14H,(H,23,28)(H,24,29)(H,25,30). The van der Waals surface area contributed by atoms with Gasteiger partial charge in [0.2, 0.25) is 0 Å². The lowest BCUT2D eigenvalue weighted by Gasteiger charge is -2.09. The number of H-pyrrole nitrogens is 1. The number of hydrazine groups is 1. The van der Waals surface area contributed by atoms with Crippen molar-refractivity contribution in [2.24, 2.45) is 0 Å². The summed E-state index contributed by atoms with van der Waals surface area (Å²) in [5.41, 5.74) is 6.32. The highest BCUT2D eigenvalue weighted by molar-refractivity contribution is 5.98. The molecule has 148 valence electrons. The van der Waals surface area contributed by atoms with Gasteiger partial charge in [-0.1, -0.05) is 48.5 Å².